The number of carbonyl (C=O) groups is 1. The first-order valence-corrected chi connectivity index (χ1v) is 5.32. The molecule has 0 unspecified atom stereocenters. The van der Waals surface area contributed by atoms with Crippen LogP contribution in [0.1, 0.15) is 30.7 Å². The van der Waals surface area contributed by atoms with Crippen molar-refractivity contribution in [2.75, 3.05) is 0 Å². The lowest BCUT2D eigenvalue weighted by atomic mass is 9.66. The smallest absolute Gasteiger partial charge is 0.315 e. The number of aromatic nitrogens is 2. The lowest BCUT2D eigenvalue weighted by Crippen LogP contribution is -2.42. The second-order valence-corrected chi connectivity index (χ2v) is 4.41. The van der Waals surface area contributed by atoms with E-state index < -0.39 is 11.4 Å². The Morgan fingerprint density at radius 3 is 2.94 bits per heavy atom. The maximum absolute atomic E-state index is 11.4. The fraction of sp³-hybridized carbons (Fsp3) is 0.455. The Labute approximate surface area is 91.4 Å². The summed E-state index contributed by atoms with van der Waals surface area (Å²) in [5, 5.41) is 16.2. The molecular weight excluding hydrogens is 208 g/mol. The van der Waals surface area contributed by atoms with Gasteiger partial charge in [-0.1, -0.05) is 6.42 Å². The quantitative estimate of drug-likeness (QED) is 0.810. The first kappa shape index (κ1) is 9.45. The van der Waals surface area contributed by atoms with E-state index in [1.165, 1.54) is 0 Å². The average molecular weight is 220 g/mol. The van der Waals surface area contributed by atoms with Crippen LogP contribution in [0.5, 0.6) is 0 Å². The minimum atomic E-state index is -0.807. The first-order chi connectivity index (χ1) is 7.63. The molecule has 1 fully saturated rings. The van der Waals surface area contributed by atoms with Crippen LogP contribution in [0.4, 0.5) is 0 Å². The molecule has 5 nitrogen and oxygen atoms in total. The number of fused-ring (bicyclic) bond motifs is 1. The van der Waals surface area contributed by atoms with Gasteiger partial charge in [-0.3, -0.25) is 9.89 Å². The summed E-state index contributed by atoms with van der Waals surface area (Å²) in [6, 6.07) is 1.81. The second kappa shape index (κ2) is 2.87. The molecule has 0 aromatic carbocycles. The number of hydrogen-bond donors (Lipinski definition) is 2. The number of nitrogens with zero attached hydrogens (tertiary/aromatic N) is 1. The van der Waals surface area contributed by atoms with Crippen molar-refractivity contribution < 1.29 is 14.3 Å². The lowest BCUT2D eigenvalue weighted by Gasteiger charge is -2.36. The molecule has 2 aromatic rings. The predicted molar refractivity (Wildman–Crippen MR) is 56.3 cm³/mol. The number of H-pyrrole nitrogens is 1. The number of aryl methyl sites for hydroxylation is 1. The van der Waals surface area contributed by atoms with Crippen molar-refractivity contribution >= 4 is 17.1 Å². The average Bonchev–Trinajstić information content (AvgIpc) is 2.63. The first-order valence-electron chi connectivity index (χ1n) is 5.32. The van der Waals surface area contributed by atoms with Gasteiger partial charge in [-0.2, -0.15) is 5.10 Å². The van der Waals surface area contributed by atoms with Crippen LogP contribution in [0.2, 0.25) is 0 Å². The second-order valence-electron chi connectivity index (χ2n) is 4.41. The summed E-state index contributed by atoms with van der Waals surface area (Å²) in [5.41, 5.74) is 1.12. The summed E-state index contributed by atoms with van der Waals surface area (Å²) in [5.74, 6) is -0.0361. The van der Waals surface area contributed by atoms with Gasteiger partial charge in [0.05, 0.1) is 5.69 Å². The van der Waals surface area contributed by atoms with Crippen molar-refractivity contribution in [1.82, 2.24) is 10.2 Å². The Morgan fingerprint density at radius 1 is 1.62 bits per heavy atom. The summed E-state index contributed by atoms with van der Waals surface area (Å²) in [7, 11) is 0. The molecule has 2 N–H and O–H groups in total. The minimum absolute atomic E-state index is 0.597. The van der Waals surface area contributed by atoms with Gasteiger partial charge in [0, 0.05) is 6.07 Å². The zero-order chi connectivity index (χ0) is 11.3. The lowest BCUT2D eigenvalue weighted by molar-refractivity contribution is -0.147. The Kier molecular flexibility index (Phi) is 1.70. The van der Waals surface area contributed by atoms with Crippen molar-refractivity contribution in [3.8, 4) is 0 Å². The number of aromatic amines is 1. The van der Waals surface area contributed by atoms with Gasteiger partial charge in [0.15, 0.2) is 5.58 Å². The normalized spacial score (nSPS) is 18.6. The van der Waals surface area contributed by atoms with Crippen LogP contribution in [-0.4, -0.2) is 21.3 Å². The van der Waals surface area contributed by atoms with Gasteiger partial charge in [-0.05, 0) is 19.8 Å². The molecule has 0 aliphatic heterocycles. The Bertz CT molecular complexity index is 563. The maximum Gasteiger partial charge on any atom is 0.315 e. The van der Waals surface area contributed by atoms with Crippen molar-refractivity contribution in [1.29, 1.82) is 0 Å². The SMILES string of the molecule is Cc1cc2n[nH]c(C3(C(=O)O)CCC3)c2o1. The van der Waals surface area contributed by atoms with Crippen LogP contribution >= 0.6 is 0 Å². The summed E-state index contributed by atoms with van der Waals surface area (Å²) in [4.78, 5) is 11.4. The van der Waals surface area contributed by atoms with E-state index in [0.717, 1.165) is 12.2 Å². The third-order valence-electron chi connectivity index (χ3n) is 3.45. The number of carboxylic acid groups (broad SMARTS) is 1. The van der Waals surface area contributed by atoms with Gasteiger partial charge in [0.1, 0.15) is 16.7 Å². The van der Waals surface area contributed by atoms with Gasteiger partial charge in [-0.15, -0.1) is 0 Å². The van der Waals surface area contributed by atoms with Gasteiger partial charge in [0.2, 0.25) is 0 Å². The summed E-state index contributed by atoms with van der Waals surface area (Å²) < 4.78 is 5.51. The molecule has 0 amide bonds. The standard InChI is InChI=1S/C11H12N2O3/c1-6-5-7-8(16-6)9(13-12-7)11(10(14)15)3-2-4-11/h5H,2-4H2,1H3,(H,12,13)(H,14,15). The van der Waals surface area contributed by atoms with E-state index in [2.05, 4.69) is 10.2 Å². The highest BCUT2D eigenvalue weighted by atomic mass is 16.4. The summed E-state index contributed by atoms with van der Waals surface area (Å²) in [6.07, 6.45) is 2.24. The molecule has 3 rings (SSSR count). The van der Waals surface area contributed by atoms with Crippen LogP contribution in [-0.2, 0) is 10.2 Å². The molecule has 84 valence electrons. The summed E-state index contributed by atoms with van der Waals surface area (Å²) >= 11 is 0. The molecule has 2 aromatic heterocycles. The van der Waals surface area contributed by atoms with Crippen LogP contribution in [0.3, 0.4) is 0 Å². The zero-order valence-electron chi connectivity index (χ0n) is 8.91. The van der Waals surface area contributed by atoms with Crippen molar-refractivity contribution in [2.24, 2.45) is 0 Å². The number of nitrogens with one attached hydrogen (secondary N) is 1. The van der Waals surface area contributed by atoms with E-state index in [4.69, 9.17) is 4.42 Å². The molecule has 0 saturated heterocycles. The van der Waals surface area contributed by atoms with E-state index in [9.17, 15) is 9.90 Å². The van der Waals surface area contributed by atoms with Gasteiger partial charge in [-0.25, -0.2) is 0 Å². The molecule has 1 aliphatic rings. The molecule has 0 radical (unpaired) electrons. The monoisotopic (exact) mass is 220 g/mol. The highest BCUT2D eigenvalue weighted by molar-refractivity contribution is 5.88. The highest BCUT2D eigenvalue weighted by Gasteiger charge is 2.49. The van der Waals surface area contributed by atoms with Gasteiger partial charge < -0.3 is 9.52 Å². The highest BCUT2D eigenvalue weighted by Crippen LogP contribution is 2.45. The van der Waals surface area contributed by atoms with E-state index in [1.807, 2.05) is 13.0 Å². The number of hydrogen-bond acceptors (Lipinski definition) is 3. The Hall–Kier alpha value is -1.78. The Morgan fingerprint density at radius 2 is 2.38 bits per heavy atom. The molecule has 0 spiro atoms. The molecule has 2 heterocycles. The van der Waals surface area contributed by atoms with Gasteiger partial charge >= 0.3 is 5.97 Å². The molecule has 16 heavy (non-hydrogen) atoms. The number of furan rings is 1. The van der Waals surface area contributed by atoms with Crippen LogP contribution in [0, 0.1) is 6.92 Å². The number of carboxylic acids is 1. The topological polar surface area (TPSA) is 79.1 Å². The molecule has 1 aliphatic carbocycles. The predicted octanol–water partition coefficient (Wildman–Crippen LogP) is 1.97. The van der Waals surface area contributed by atoms with E-state index >= 15 is 0 Å². The molecule has 5 heteroatoms. The number of aliphatic carboxylic acids is 1. The van der Waals surface area contributed by atoms with Crippen molar-refractivity contribution in [3.63, 3.8) is 0 Å². The zero-order valence-corrected chi connectivity index (χ0v) is 8.91. The van der Waals surface area contributed by atoms with Crippen LogP contribution < -0.4 is 0 Å². The van der Waals surface area contributed by atoms with Crippen LogP contribution in [0.15, 0.2) is 10.5 Å². The van der Waals surface area contributed by atoms with Crippen LogP contribution in [0.25, 0.3) is 11.1 Å². The van der Waals surface area contributed by atoms with E-state index in [0.29, 0.717) is 29.6 Å². The molecule has 0 bridgehead atoms. The van der Waals surface area contributed by atoms with Crippen molar-refractivity contribution in [3.05, 3.63) is 17.5 Å². The largest absolute Gasteiger partial charge is 0.481 e. The van der Waals surface area contributed by atoms with Gasteiger partial charge in [0.25, 0.3) is 0 Å². The van der Waals surface area contributed by atoms with E-state index in [-0.39, 0.29) is 0 Å². The number of rotatable bonds is 2. The fourth-order valence-electron chi connectivity index (χ4n) is 2.36. The molecular formula is C11H12N2O3. The third kappa shape index (κ3) is 1.00. The Balaban J connectivity index is 2.21. The fourth-order valence-corrected chi connectivity index (χ4v) is 2.36. The van der Waals surface area contributed by atoms with Crippen molar-refractivity contribution in [2.45, 2.75) is 31.6 Å². The van der Waals surface area contributed by atoms with E-state index in [1.54, 1.807) is 0 Å². The molecule has 0 atom stereocenters. The molecule has 1 saturated carbocycles. The third-order valence-corrected chi connectivity index (χ3v) is 3.45. The summed E-state index contributed by atoms with van der Waals surface area (Å²) in [6.45, 7) is 1.83. The maximum atomic E-state index is 11.4. The minimum Gasteiger partial charge on any atom is -0.481 e.